The molecule has 0 saturated carbocycles. The van der Waals surface area contributed by atoms with Gasteiger partial charge >= 0.3 is 0 Å². The maximum Gasteiger partial charge on any atom is 0.230 e. The Balaban J connectivity index is 2.03. The lowest BCUT2D eigenvalue weighted by atomic mass is 10.1. The van der Waals surface area contributed by atoms with Crippen molar-refractivity contribution in [2.45, 2.75) is 33.1 Å². The molecule has 0 unspecified atom stereocenters. The lowest BCUT2D eigenvalue weighted by Crippen LogP contribution is -2.14. The largest absolute Gasteiger partial charge is 0.438 e. The molecule has 1 heterocycles. The number of aryl methyl sites for hydroxylation is 4. The van der Waals surface area contributed by atoms with Crippen LogP contribution in [0.1, 0.15) is 34.4 Å². The van der Waals surface area contributed by atoms with E-state index >= 15 is 0 Å². The van der Waals surface area contributed by atoms with Gasteiger partial charge in [-0.25, -0.2) is 4.98 Å². The number of hydrogen-bond donors (Lipinski definition) is 2. The number of rotatable bonds is 3. The first kappa shape index (κ1) is 13.6. The van der Waals surface area contributed by atoms with Gasteiger partial charge in [0.25, 0.3) is 0 Å². The molecular formula is C17H19N3O. The Bertz CT molecular complexity index is 722. The Morgan fingerprint density at radius 2 is 2.05 bits per heavy atom. The summed E-state index contributed by atoms with van der Waals surface area (Å²) in [6, 6.07) is 7.96. The van der Waals surface area contributed by atoms with E-state index in [0.717, 1.165) is 36.3 Å². The summed E-state index contributed by atoms with van der Waals surface area (Å²) in [6.45, 7) is 4.05. The molecule has 0 saturated heterocycles. The van der Waals surface area contributed by atoms with E-state index in [-0.39, 0.29) is 5.84 Å². The number of nitrogens with one attached hydrogen (secondary N) is 1. The Morgan fingerprint density at radius 3 is 2.76 bits per heavy atom. The molecule has 4 heteroatoms. The second kappa shape index (κ2) is 5.20. The van der Waals surface area contributed by atoms with Gasteiger partial charge in [0.05, 0.1) is 5.56 Å². The van der Waals surface area contributed by atoms with E-state index < -0.39 is 0 Å². The van der Waals surface area contributed by atoms with Gasteiger partial charge < -0.3 is 10.5 Å². The van der Waals surface area contributed by atoms with Gasteiger partial charge in [0.15, 0.2) is 0 Å². The van der Waals surface area contributed by atoms with Gasteiger partial charge in [0, 0.05) is 5.69 Å². The van der Waals surface area contributed by atoms with Crippen molar-refractivity contribution in [3.8, 4) is 11.6 Å². The highest BCUT2D eigenvalue weighted by Crippen LogP contribution is 2.31. The van der Waals surface area contributed by atoms with Gasteiger partial charge in [0.1, 0.15) is 11.6 Å². The molecule has 0 bridgehead atoms. The smallest absolute Gasteiger partial charge is 0.230 e. The third kappa shape index (κ3) is 2.61. The van der Waals surface area contributed by atoms with E-state index in [1.54, 1.807) is 0 Å². The molecule has 3 rings (SSSR count). The Hall–Kier alpha value is -2.36. The Labute approximate surface area is 124 Å². The molecule has 0 fully saturated rings. The number of benzene rings is 1. The maximum atomic E-state index is 7.75. The highest BCUT2D eigenvalue weighted by Gasteiger charge is 2.19. The van der Waals surface area contributed by atoms with Crippen LogP contribution in [-0.2, 0) is 12.8 Å². The van der Waals surface area contributed by atoms with Crippen LogP contribution in [-0.4, -0.2) is 10.8 Å². The molecular weight excluding hydrogens is 262 g/mol. The van der Waals surface area contributed by atoms with Crippen LogP contribution in [0.4, 0.5) is 0 Å². The standard InChI is InChI=1S/C17H19N3O/c1-10-6-7-15(11(2)8-10)21-17-13(16(18)19)9-12-4-3-5-14(12)20-17/h6-9H,3-5H2,1-2H3,(H3,18,19). The first-order valence-corrected chi connectivity index (χ1v) is 7.17. The van der Waals surface area contributed by atoms with Crippen molar-refractivity contribution >= 4 is 5.84 Å². The number of nitrogens with zero attached hydrogens (tertiary/aromatic N) is 1. The van der Waals surface area contributed by atoms with E-state index in [9.17, 15) is 0 Å². The second-order valence-corrected chi connectivity index (χ2v) is 5.59. The summed E-state index contributed by atoms with van der Waals surface area (Å²) in [7, 11) is 0. The minimum Gasteiger partial charge on any atom is -0.438 e. The van der Waals surface area contributed by atoms with Crippen LogP contribution in [0.3, 0.4) is 0 Å². The van der Waals surface area contributed by atoms with Gasteiger partial charge in [-0.2, -0.15) is 0 Å². The molecule has 0 atom stereocenters. The number of amidine groups is 1. The zero-order valence-electron chi connectivity index (χ0n) is 12.4. The zero-order chi connectivity index (χ0) is 15.0. The van der Waals surface area contributed by atoms with Crippen molar-refractivity contribution < 1.29 is 4.74 Å². The van der Waals surface area contributed by atoms with Crippen LogP contribution < -0.4 is 10.5 Å². The van der Waals surface area contributed by atoms with Crippen LogP contribution in [0.25, 0.3) is 0 Å². The Kier molecular flexibility index (Phi) is 3.37. The number of aromatic nitrogens is 1. The van der Waals surface area contributed by atoms with E-state index in [0.29, 0.717) is 11.4 Å². The fourth-order valence-corrected chi connectivity index (χ4v) is 2.74. The molecule has 3 N–H and O–H groups in total. The predicted octanol–water partition coefficient (Wildman–Crippen LogP) is 3.26. The first-order valence-electron chi connectivity index (χ1n) is 7.17. The first-order chi connectivity index (χ1) is 10.0. The fraction of sp³-hybridized carbons (Fsp3) is 0.294. The summed E-state index contributed by atoms with van der Waals surface area (Å²) in [5, 5.41) is 7.75. The average Bonchev–Trinajstić information content (AvgIpc) is 2.88. The van der Waals surface area contributed by atoms with Crippen molar-refractivity contribution in [1.82, 2.24) is 4.98 Å². The summed E-state index contributed by atoms with van der Waals surface area (Å²) in [5.41, 5.74) is 10.8. The van der Waals surface area contributed by atoms with Gasteiger partial charge in [-0.1, -0.05) is 17.7 Å². The van der Waals surface area contributed by atoms with Crippen LogP contribution in [0.5, 0.6) is 11.6 Å². The van der Waals surface area contributed by atoms with E-state index in [1.165, 1.54) is 11.1 Å². The monoisotopic (exact) mass is 281 g/mol. The zero-order valence-corrected chi connectivity index (χ0v) is 12.4. The summed E-state index contributed by atoms with van der Waals surface area (Å²) >= 11 is 0. The molecule has 2 aromatic rings. The van der Waals surface area contributed by atoms with Crippen molar-refractivity contribution in [3.05, 3.63) is 52.2 Å². The van der Waals surface area contributed by atoms with E-state index in [1.807, 2.05) is 32.0 Å². The van der Waals surface area contributed by atoms with Crippen LogP contribution in [0, 0.1) is 19.3 Å². The van der Waals surface area contributed by atoms with Crippen LogP contribution in [0.2, 0.25) is 0 Å². The molecule has 0 aliphatic heterocycles. The third-order valence-corrected chi connectivity index (χ3v) is 3.84. The molecule has 1 aliphatic rings. The van der Waals surface area contributed by atoms with Gasteiger partial charge in [-0.05, 0) is 56.4 Å². The van der Waals surface area contributed by atoms with Crippen molar-refractivity contribution in [3.63, 3.8) is 0 Å². The quantitative estimate of drug-likeness (QED) is 0.670. The van der Waals surface area contributed by atoms with Crippen molar-refractivity contribution in [2.24, 2.45) is 5.73 Å². The van der Waals surface area contributed by atoms with Crippen LogP contribution >= 0.6 is 0 Å². The number of pyridine rings is 1. The van der Waals surface area contributed by atoms with E-state index in [4.69, 9.17) is 15.9 Å². The lowest BCUT2D eigenvalue weighted by Gasteiger charge is -2.13. The van der Waals surface area contributed by atoms with Gasteiger partial charge in [-0.3, -0.25) is 5.41 Å². The number of ether oxygens (including phenoxy) is 1. The van der Waals surface area contributed by atoms with Crippen molar-refractivity contribution in [2.75, 3.05) is 0 Å². The number of nitrogens with two attached hydrogens (primary N) is 1. The minimum atomic E-state index is -0.00281. The molecule has 0 amide bonds. The highest BCUT2D eigenvalue weighted by atomic mass is 16.5. The molecule has 0 radical (unpaired) electrons. The Morgan fingerprint density at radius 1 is 1.24 bits per heavy atom. The average molecular weight is 281 g/mol. The minimum absolute atomic E-state index is 0.00281. The normalized spacial score (nSPS) is 13.0. The van der Waals surface area contributed by atoms with Crippen molar-refractivity contribution in [1.29, 1.82) is 5.41 Å². The summed E-state index contributed by atoms with van der Waals surface area (Å²) in [5.74, 6) is 1.20. The molecule has 108 valence electrons. The van der Waals surface area contributed by atoms with Gasteiger partial charge in [-0.15, -0.1) is 0 Å². The number of hydrogen-bond acceptors (Lipinski definition) is 3. The topological polar surface area (TPSA) is 72.0 Å². The molecule has 1 aliphatic carbocycles. The fourth-order valence-electron chi connectivity index (χ4n) is 2.74. The van der Waals surface area contributed by atoms with Crippen LogP contribution in [0.15, 0.2) is 24.3 Å². The second-order valence-electron chi connectivity index (χ2n) is 5.59. The number of fused-ring (bicyclic) bond motifs is 1. The molecule has 21 heavy (non-hydrogen) atoms. The summed E-state index contributed by atoms with van der Waals surface area (Å²) in [4.78, 5) is 4.59. The predicted molar refractivity (Wildman–Crippen MR) is 83.3 cm³/mol. The molecule has 4 nitrogen and oxygen atoms in total. The summed E-state index contributed by atoms with van der Waals surface area (Å²) in [6.07, 6.45) is 3.08. The maximum absolute atomic E-state index is 7.75. The number of nitrogen functional groups attached to an aromatic ring is 1. The van der Waals surface area contributed by atoms with E-state index in [2.05, 4.69) is 11.1 Å². The summed E-state index contributed by atoms with van der Waals surface area (Å²) < 4.78 is 5.95. The highest BCUT2D eigenvalue weighted by molar-refractivity contribution is 5.97. The molecule has 1 aromatic carbocycles. The SMILES string of the molecule is Cc1ccc(Oc2nc3c(cc2C(=N)N)CCC3)c(C)c1. The third-order valence-electron chi connectivity index (χ3n) is 3.84. The van der Waals surface area contributed by atoms with Gasteiger partial charge in [0.2, 0.25) is 5.88 Å². The molecule has 1 aromatic heterocycles. The lowest BCUT2D eigenvalue weighted by molar-refractivity contribution is 0.456. The molecule has 0 spiro atoms.